The number of nitrogens with one attached hydrogen (secondary N) is 1. The highest BCUT2D eigenvalue weighted by atomic mass is 35.5. The van der Waals surface area contributed by atoms with Gasteiger partial charge in [-0.1, -0.05) is 48.0 Å². The second-order valence-electron chi connectivity index (χ2n) is 5.64. The van der Waals surface area contributed by atoms with E-state index in [1.54, 1.807) is 0 Å². The molecule has 1 amide bonds. The maximum atomic E-state index is 12.0. The molecule has 0 radical (unpaired) electrons. The fourth-order valence-corrected chi connectivity index (χ4v) is 2.50. The number of para-hydroxylation sites is 1. The van der Waals surface area contributed by atoms with E-state index in [0.29, 0.717) is 24.5 Å². The Bertz CT molecular complexity index is 657. The fraction of sp³-hybridized carbons (Fsp3) is 0.316. The van der Waals surface area contributed by atoms with Gasteiger partial charge in [0.05, 0.1) is 6.04 Å². The monoisotopic (exact) mass is 331 g/mol. The van der Waals surface area contributed by atoms with Crippen molar-refractivity contribution in [1.29, 1.82) is 0 Å². The molecule has 2 aromatic carbocycles. The van der Waals surface area contributed by atoms with Gasteiger partial charge in [-0.25, -0.2) is 0 Å². The van der Waals surface area contributed by atoms with Crippen LogP contribution < -0.4 is 10.1 Å². The molecule has 0 aliphatic rings. The lowest BCUT2D eigenvalue weighted by Gasteiger charge is -2.16. The molecule has 0 aromatic heterocycles. The van der Waals surface area contributed by atoms with Crippen molar-refractivity contribution in [2.24, 2.45) is 0 Å². The standard InChI is InChI=1S/C19H22ClNO2/c1-14-7-3-6-10-18(14)23-13-15(2)21-19(22)12-11-16-8-4-5-9-17(16)20/h3-10,15H,11-13H2,1-2H3,(H,21,22). The summed E-state index contributed by atoms with van der Waals surface area (Å²) in [5.74, 6) is 0.857. The van der Waals surface area contributed by atoms with Crippen LogP contribution in [0, 0.1) is 6.92 Å². The van der Waals surface area contributed by atoms with Gasteiger partial charge in [0.15, 0.2) is 0 Å². The number of aryl methyl sites for hydroxylation is 2. The Morgan fingerprint density at radius 2 is 1.87 bits per heavy atom. The molecule has 1 atom stereocenters. The quantitative estimate of drug-likeness (QED) is 0.827. The van der Waals surface area contributed by atoms with Gasteiger partial charge in [0.25, 0.3) is 0 Å². The summed E-state index contributed by atoms with van der Waals surface area (Å²) < 4.78 is 5.75. The Hall–Kier alpha value is -2.00. The highest BCUT2D eigenvalue weighted by Crippen LogP contribution is 2.17. The summed E-state index contributed by atoms with van der Waals surface area (Å²) in [6.07, 6.45) is 1.05. The van der Waals surface area contributed by atoms with Crippen LogP contribution in [0.15, 0.2) is 48.5 Å². The first-order chi connectivity index (χ1) is 11.1. The zero-order valence-corrected chi connectivity index (χ0v) is 14.3. The van der Waals surface area contributed by atoms with E-state index in [0.717, 1.165) is 16.9 Å². The van der Waals surface area contributed by atoms with E-state index in [4.69, 9.17) is 16.3 Å². The fourth-order valence-electron chi connectivity index (χ4n) is 2.27. The summed E-state index contributed by atoms with van der Waals surface area (Å²) in [4.78, 5) is 12.0. The maximum absolute atomic E-state index is 12.0. The molecular formula is C19H22ClNO2. The number of carbonyl (C=O) groups excluding carboxylic acids is 1. The normalized spacial score (nSPS) is 11.8. The molecule has 0 spiro atoms. The molecule has 1 unspecified atom stereocenters. The summed E-state index contributed by atoms with van der Waals surface area (Å²) in [5.41, 5.74) is 2.08. The molecule has 1 N–H and O–H groups in total. The molecule has 0 heterocycles. The van der Waals surface area contributed by atoms with Gasteiger partial charge in [0.1, 0.15) is 12.4 Å². The first-order valence-electron chi connectivity index (χ1n) is 7.77. The number of halogens is 1. The third kappa shape index (κ3) is 5.61. The third-order valence-electron chi connectivity index (χ3n) is 3.57. The summed E-state index contributed by atoms with van der Waals surface area (Å²) in [7, 11) is 0. The minimum atomic E-state index is -0.0478. The Morgan fingerprint density at radius 3 is 2.61 bits per heavy atom. The van der Waals surface area contributed by atoms with E-state index in [9.17, 15) is 4.79 Å². The van der Waals surface area contributed by atoms with Crippen LogP contribution >= 0.6 is 11.6 Å². The van der Waals surface area contributed by atoms with Crippen LogP contribution in [-0.4, -0.2) is 18.6 Å². The van der Waals surface area contributed by atoms with Crippen molar-refractivity contribution in [1.82, 2.24) is 5.32 Å². The SMILES string of the molecule is Cc1ccccc1OCC(C)NC(=O)CCc1ccccc1Cl. The molecule has 4 heteroatoms. The first-order valence-corrected chi connectivity index (χ1v) is 8.15. The van der Waals surface area contributed by atoms with Crippen molar-refractivity contribution in [2.45, 2.75) is 32.7 Å². The summed E-state index contributed by atoms with van der Waals surface area (Å²) in [6.45, 7) is 4.39. The summed E-state index contributed by atoms with van der Waals surface area (Å²) >= 11 is 6.09. The molecule has 122 valence electrons. The zero-order valence-electron chi connectivity index (χ0n) is 13.5. The van der Waals surface area contributed by atoms with Crippen LogP contribution in [0.2, 0.25) is 5.02 Å². The van der Waals surface area contributed by atoms with E-state index in [-0.39, 0.29) is 11.9 Å². The maximum Gasteiger partial charge on any atom is 0.220 e. The summed E-state index contributed by atoms with van der Waals surface area (Å²) in [5, 5.41) is 3.66. The van der Waals surface area contributed by atoms with Crippen molar-refractivity contribution in [3.05, 3.63) is 64.7 Å². The highest BCUT2D eigenvalue weighted by Gasteiger charge is 2.10. The topological polar surface area (TPSA) is 38.3 Å². The van der Waals surface area contributed by atoms with E-state index < -0.39 is 0 Å². The van der Waals surface area contributed by atoms with Crippen molar-refractivity contribution in [3.8, 4) is 5.75 Å². The number of rotatable bonds is 7. The van der Waals surface area contributed by atoms with Crippen LogP contribution in [0.1, 0.15) is 24.5 Å². The Labute approximate surface area is 142 Å². The average molecular weight is 332 g/mol. The third-order valence-corrected chi connectivity index (χ3v) is 3.94. The molecule has 0 saturated heterocycles. The molecule has 2 rings (SSSR count). The van der Waals surface area contributed by atoms with Crippen molar-refractivity contribution < 1.29 is 9.53 Å². The molecule has 2 aromatic rings. The van der Waals surface area contributed by atoms with E-state index in [1.165, 1.54) is 0 Å². The Balaban J connectivity index is 1.74. The minimum absolute atomic E-state index is 0.00537. The van der Waals surface area contributed by atoms with Gasteiger partial charge in [-0.15, -0.1) is 0 Å². The lowest BCUT2D eigenvalue weighted by Crippen LogP contribution is -2.36. The second-order valence-corrected chi connectivity index (χ2v) is 6.04. The lowest BCUT2D eigenvalue weighted by atomic mass is 10.1. The number of carbonyl (C=O) groups is 1. The van der Waals surface area contributed by atoms with Crippen molar-refractivity contribution in [2.75, 3.05) is 6.61 Å². The molecule has 3 nitrogen and oxygen atoms in total. The zero-order chi connectivity index (χ0) is 16.7. The molecule has 0 bridgehead atoms. The smallest absolute Gasteiger partial charge is 0.220 e. The predicted octanol–water partition coefficient (Wildman–Crippen LogP) is 4.16. The van der Waals surface area contributed by atoms with Gasteiger partial charge in [0.2, 0.25) is 5.91 Å². The largest absolute Gasteiger partial charge is 0.491 e. The van der Waals surface area contributed by atoms with Gasteiger partial charge in [-0.2, -0.15) is 0 Å². The van der Waals surface area contributed by atoms with Crippen molar-refractivity contribution in [3.63, 3.8) is 0 Å². The van der Waals surface area contributed by atoms with E-state index in [2.05, 4.69) is 5.32 Å². The lowest BCUT2D eigenvalue weighted by molar-refractivity contribution is -0.121. The Morgan fingerprint density at radius 1 is 1.17 bits per heavy atom. The Kier molecular flexibility index (Phi) is 6.48. The van der Waals surface area contributed by atoms with E-state index >= 15 is 0 Å². The number of hydrogen-bond acceptors (Lipinski definition) is 2. The van der Waals surface area contributed by atoms with E-state index in [1.807, 2.05) is 62.4 Å². The van der Waals surface area contributed by atoms with Crippen LogP contribution in [0.25, 0.3) is 0 Å². The van der Waals surface area contributed by atoms with Crippen LogP contribution in [0.3, 0.4) is 0 Å². The number of benzene rings is 2. The molecule has 23 heavy (non-hydrogen) atoms. The van der Waals surface area contributed by atoms with Gasteiger partial charge < -0.3 is 10.1 Å². The number of amides is 1. The molecule has 0 aliphatic carbocycles. The summed E-state index contributed by atoms with van der Waals surface area (Å²) in [6, 6.07) is 15.4. The molecule has 0 saturated carbocycles. The number of ether oxygens (including phenoxy) is 1. The van der Waals surface area contributed by atoms with Crippen LogP contribution in [0.5, 0.6) is 5.75 Å². The first kappa shape index (κ1) is 17.4. The van der Waals surface area contributed by atoms with Crippen LogP contribution in [-0.2, 0) is 11.2 Å². The number of hydrogen-bond donors (Lipinski definition) is 1. The molecular weight excluding hydrogens is 310 g/mol. The van der Waals surface area contributed by atoms with Gasteiger partial charge in [-0.3, -0.25) is 4.79 Å². The molecule has 0 aliphatic heterocycles. The van der Waals surface area contributed by atoms with Gasteiger partial charge in [-0.05, 0) is 43.5 Å². The average Bonchev–Trinajstić information content (AvgIpc) is 2.53. The highest BCUT2D eigenvalue weighted by molar-refractivity contribution is 6.31. The second kappa shape index (κ2) is 8.59. The van der Waals surface area contributed by atoms with Gasteiger partial charge >= 0.3 is 0 Å². The molecule has 0 fully saturated rings. The van der Waals surface area contributed by atoms with Crippen molar-refractivity contribution >= 4 is 17.5 Å². The van der Waals surface area contributed by atoms with Gasteiger partial charge in [0, 0.05) is 11.4 Å². The van der Waals surface area contributed by atoms with Crippen LogP contribution in [0.4, 0.5) is 0 Å². The predicted molar refractivity (Wildman–Crippen MR) is 94.1 cm³/mol. The minimum Gasteiger partial charge on any atom is -0.491 e.